The Hall–Kier alpha value is -1.79. The van der Waals surface area contributed by atoms with Crippen LogP contribution < -0.4 is 11.1 Å². The molecule has 0 aromatic heterocycles. The van der Waals surface area contributed by atoms with Crippen LogP contribution in [0.4, 0.5) is 4.79 Å². The number of carbonyl (C=O) groups excluding carboxylic acids is 2. The van der Waals surface area contributed by atoms with Crippen molar-refractivity contribution in [3.8, 4) is 0 Å². The zero-order chi connectivity index (χ0) is 19.1. The zero-order valence-corrected chi connectivity index (χ0v) is 16.3. The Balaban J connectivity index is 1.94. The molecule has 1 heterocycles. The molecule has 1 saturated heterocycles. The first-order valence-electron chi connectivity index (χ1n) is 9.27. The number of primary amides is 1. The van der Waals surface area contributed by atoms with Crippen LogP contribution in [0.25, 0.3) is 0 Å². The van der Waals surface area contributed by atoms with E-state index in [2.05, 4.69) is 24.1 Å². The van der Waals surface area contributed by atoms with Crippen LogP contribution in [-0.4, -0.2) is 54.0 Å². The molecule has 144 valence electrons. The highest BCUT2D eigenvalue weighted by Gasteiger charge is 2.29. The summed E-state index contributed by atoms with van der Waals surface area (Å²) in [4.78, 5) is 28.1. The Morgan fingerprint density at radius 2 is 1.88 bits per heavy atom. The largest absolute Gasteiger partial charge is 0.352 e. The minimum atomic E-state index is -0.648. The first kappa shape index (κ1) is 20.5. The van der Waals surface area contributed by atoms with Crippen molar-refractivity contribution in [1.29, 1.82) is 0 Å². The van der Waals surface area contributed by atoms with E-state index in [4.69, 9.17) is 17.3 Å². The molecule has 0 aliphatic carbocycles. The van der Waals surface area contributed by atoms with Gasteiger partial charge >= 0.3 is 6.03 Å². The molecular formula is C19H29ClN4O2. The number of halogens is 1. The van der Waals surface area contributed by atoms with E-state index >= 15 is 0 Å². The van der Waals surface area contributed by atoms with Crippen molar-refractivity contribution in [3.05, 3.63) is 34.9 Å². The van der Waals surface area contributed by atoms with Gasteiger partial charge in [0.1, 0.15) is 6.04 Å². The van der Waals surface area contributed by atoms with Crippen molar-refractivity contribution < 1.29 is 9.59 Å². The number of hydrogen-bond donors (Lipinski definition) is 2. The first-order chi connectivity index (χ1) is 12.4. The number of piperazine rings is 1. The molecule has 0 saturated carbocycles. The minimum Gasteiger partial charge on any atom is -0.352 e. The van der Waals surface area contributed by atoms with E-state index in [0.29, 0.717) is 19.5 Å². The van der Waals surface area contributed by atoms with Gasteiger partial charge in [-0.05, 0) is 25.0 Å². The van der Waals surface area contributed by atoms with E-state index in [9.17, 15) is 9.59 Å². The maximum Gasteiger partial charge on any atom is 0.312 e. The van der Waals surface area contributed by atoms with Gasteiger partial charge in [0.2, 0.25) is 5.91 Å². The number of urea groups is 1. The van der Waals surface area contributed by atoms with Gasteiger partial charge in [-0.1, -0.05) is 49.6 Å². The number of hydrogen-bond acceptors (Lipinski definition) is 3. The number of amides is 3. The van der Waals surface area contributed by atoms with Crippen LogP contribution in [0.15, 0.2) is 24.3 Å². The van der Waals surface area contributed by atoms with Gasteiger partial charge in [0.25, 0.3) is 0 Å². The summed E-state index contributed by atoms with van der Waals surface area (Å²) in [6, 6.07) is 6.89. The molecule has 0 spiro atoms. The van der Waals surface area contributed by atoms with Crippen LogP contribution in [0, 0.1) is 0 Å². The average molecular weight is 381 g/mol. The monoisotopic (exact) mass is 380 g/mol. The fraction of sp³-hybridized carbons (Fsp3) is 0.579. The molecule has 0 radical (unpaired) electrons. The molecule has 0 bridgehead atoms. The van der Waals surface area contributed by atoms with Crippen molar-refractivity contribution in [1.82, 2.24) is 15.1 Å². The van der Waals surface area contributed by atoms with E-state index in [1.54, 1.807) is 0 Å². The summed E-state index contributed by atoms with van der Waals surface area (Å²) in [5.41, 5.74) is 6.33. The third-order valence-electron chi connectivity index (χ3n) is 4.99. The highest BCUT2D eigenvalue weighted by Crippen LogP contribution is 2.27. The molecule has 1 fully saturated rings. The summed E-state index contributed by atoms with van der Waals surface area (Å²) in [7, 11) is 0. The fourth-order valence-electron chi connectivity index (χ4n) is 3.40. The third kappa shape index (κ3) is 5.35. The van der Waals surface area contributed by atoms with Crippen LogP contribution >= 0.6 is 11.6 Å². The number of nitrogens with zero attached hydrogens (tertiary/aromatic N) is 2. The quantitative estimate of drug-likeness (QED) is 0.763. The molecule has 1 aromatic rings. The van der Waals surface area contributed by atoms with Crippen molar-refractivity contribution in [3.63, 3.8) is 0 Å². The lowest BCUT2D eigenvalue weighted by atomic mass is 10.1. The standard InChI is InChI=1S/C19H29ClN4O2/c1-3-4-9-17(22-19(21)26)18(25)24-12-10-23(11-13-24)14(2)15-7-5-6-8-16(15)20/h5-8,14,17H,3-4,9-13H2,1-2H3,(H3,21,22,26). The SMILES string of the molecule is CCCCC(NC(N)=O)C(=O)N1CCN(C(C)c2ccccc2Cl)CC1. The molecule has 7 heteroatoms. The highest BCUT2D eigenvalue weighted by atomic mass is 35.5. The fourth-order valence-corrected chi connectivity index (χ4v) is 3.69. The molecular weight excluding hydrogens is 352 g/mol. The van der Waals surface area contributed by atoms with E-state index < -0.39 is 12.1 Å². The Kier molecular flexibility index (Phi) is 7.72. The summed E-state index contributed by atoms with van der Waals surface area (Å²) in [5.74, 6) is -0.0395. The molecule has 1 aliphatic heterocycles. The minimum absolute atomic E-state index is 0.0395. The maximum atomic E-state index is 12.8. The number of benzene rings is 1. The van der Waals surface area contributed by atoms with E-state index in [1.807, 2.05) is 29.2 Å². The van der Waals surface area contributed by atoms with Gasteiger partial charge in [0.15, 0.2) is 0 Å². The predicted octanol–water partition coefficient (Wildman–Crippen LogP) is 2.77. The normalized spacial score (nSPS) is 17.6. The molecule has 2 rings (SSSR count). The van der Waals surface area contributed by atoms with Crippen LogP contribution in [0.2, 0.25) is 5.02 Å². The van der Waals surface area contributed by atoms with Gasteiger partial charge in [0, 0.05) is 37.2 Å². The third-order valence-corrected chi connectivity index (χ3v) is 5.33. The number of rotatable bonds is 7. The lowest BCUT2D eigenvalue weighted by Gasteiger charge is -2.39. The van der Waals surface area contributed by atoms with E-state index in [1.165, 1.54) is 0 Å². The molecule has 3 amide bonds. The maximum absolute atomic E-state index is 12.8. The van der Waals surface area contributed by atoms with Gasteiger partial charge < -0.3 is 16.0 Å². The van der Waals surface area contributed by atoms with Gasteiger partial charge in [-0.2, -0.15) is 0 Å². The van der Waals surface area contributed by atoms with Gasteiger partial charge in [-0.3, -0.25) is 9.69 Å². The molecule has 1 aliphatic rings. The topological polar surface area (TPSA) is 78.7 Å². The second kappa shape index (κ2) is 9.78. The van der Waals surface area contributed by atoms with E-state index in [0.717, 1.165) is 36.5 Å². The zero-order valence-electron chi connectivity index (χ0n) is 15.6. The number of unbranched alkanes of at least 4 members (excludes halogenated alkanes) is 1. The summed E-state index contributed by atoms with van der Waals surface area (Å²) < 4.78 is 0. The second-order valence-electron chi connectivity index (χ2n) is 6.76. The Labute approximate surface area is 160 Å². The number of nitrogens with one attached hydrogen (secondary N) is 1. The second-order valence-corrected chi connectivity index (χ2v) is 7.17. The molecule has 2 atom stereocenters. The highest BCUT2D eigenvalue weighted by molar-refractivity contribution is 6.31. The summed E-state index contributed by atoms with van der Waals surface area (Å²) >= 11 is 6.31. The Morgan fingerprint density at radius 3 is 2.46 bits per heavy atom. The number of nitrogens with two attached hydrogens (primary N) is 1. The van der Waals surface area contributed by atoms with Crippen molar-refractivity contribution in [2.75, 3.05) is 26.2 Å². The molecule has 3 N–H and O–H groups in total. The van der Waals surface area contributed by atoms with Gasteiger partial charge in [-0.25, -0.2) is 4.79 Å². The predicted molar refractivity (Wildman–Crippen MR) is 104 cm³/mol. The van der Waals surface area contributed by atoms with Crippen molar-refractivity contribution >= 4 is 23.5 Å². The Bertz CT molecular complexity index is 617. The molecule has 2 unspecified atom stereocenters. The molecule has 6 nitrogen and oxygen atoms in total. The van der Waals surface area contributed by atoms with E-state index in [-0.39, 0.29) is 11.9 Å². The molecule has 1 aromatic carbocycles. The molecule has 26 heavy (non-hydrogen) atoms. The van der Waals surface area contributed by atoms with Crippen molar-refractivity contribution in [2.45, 2.75) is 45.2 Å². The summed E-state index contributed by atoms with van der Waals surface area (Å²) in [5, 5.41) is 3.36. The first-order valence-corrected chi connectivity index (χ1v) is 9.65. The number of carbonyl (C=O) groups is 2. The smallest absolute Gasteiger partial charge is 0.312 e. The summed E-state index contributed by atoms with van der Waals surface area (Å²) in [6.07, 6.45) is 2.46. The van der Waals surface area contributed by atoms with Crippen LogP contribution in [0.5, 0.6) is 0 Å². The lowest BCUT2D eigenvalue weighted by molar-refractivity contribution is -0.135. The van der Waals surface area contributed by atoms with Crippen LogP contribution in [-0.2, 0) is 4.79 Å². The Morgan fingerprint density at radius 1 is 1.23 bits per heavy atom. The van der Waals surface area contributed by atoms with Crippen LogP contribution in [0.3, 0.4) is 0 Å². The van der Waals surface area contributed by atoms with Gasteiger partial charge in [-0.15, -0.1) is 0 Å². The van der Waals surface area contributed by atoms with Crippen LogP contribution in [0.1, 0.15) is 44.7 Å². The summed E-state index contributed by atoms with van der Waals surface area (Å²) in [6.45, 7) is 7.01. The van der Waals surface area contributed by atoms with Gasteiger partial charge in [0.05, 0.1) is 0 Å². The lowest BCUT2D eigenvalue weighted by Crippen LogP contribution is -2.55. The average Bonchev–Trinajstić information content (AvgIpc) is 2.64. The van der Waals surface area contributed by atoms with Crippen molar-refractivity contribution in [2.24, 2.45) is 5.73 Å².